The largest absolute Gasteiger partial charge is 0.493 e. The third-order valence-electron chi connectivity index (χ3n) is 5.07. The molecular weight excluding hydrogens is 358 g/mol. The van der Waals surface area contributed by atoms with E-state index in [4.69, 9.17) is 21.1 Å². The van der Waals surface area contributed by atoms with E-state index in [2.05, 4.69) is 35.6 Å². The average Bonchev–Trinajstić information content (AvgIpc) is 2.74. The molecule has 0 aromatic heterocycles. The number of hydrogen-bond donors (Lipinski definition) is 1. The van der Waals surface area contributed by atoms with Gasteiger partial charge in [0.05, 0.1) is 14.2 Å². The highest BCUT2D eigenvalue weighted by molar-refractivity contribution is 6.17. The first-order valence-electron chi connectivity index (χ1n) is 9.61. The van der Waals surface area contributed by atoms with E-state index in [1.54, 1.807) is 14.2 Å². The summed E-state index contributed by atoms with van der Waals surface area (Å²) >= 11 is 5.97. The first-order chi connectivity index (χ1) is 13.3. The summed E-state index contributed by atoms with van der Waals surface area (Å²) in [6.07, 6.45) is 5.66. The molecule has 0 bridgehead atoms. The normalized spacial score (nSPS) is 15.8. The Morgan fingerprint density at radius 2 is 1.70 bits per heavy atom. The molecule has 0 aliphatic carbocycles. The molecule has 0 unspecified atom stereocenters. The van der Waals surface area contributed by atoms with Crippen molar-refractivity contribution < 1.29 is 9.47 Å². The minimum atomic E-state index is 0.695. The molecule has 1 saturated heterocycles. The Morgan fingerprint density at radius 3 is 2.33 bits per heavy atom. The number of allylic oxidation sites excluding steroid dienone is 2. The second kappa shape index (κ2) is 9.70. The standard InChI is InChI=1S/C23H28ClNO2/c1-26-22-13-12-19(16-23(22)27-2)17-8-10-18(11-9-17)20(6-5-14-24)21-7-3-4-15-25-21/h8-13,16,25H,3-7,14-15H2,1-2H3. The van der Waals surface area contributed by atoms with Gasteiger partial charge < -0.3 is 14.8 Å². The van der Waals surface area contributed by atoms with Crippen molar-refractivity contribution in [2.75, 3.05) is 26.6 Å². The van der Waals surface area contributed by atoms with Crippen molar-refractivity contribution in [3.63, 3.8) is 0 Å². The molecule has 0 spiro atoms. The van der Waals surface area contributed by atoms with Crippen LogP contribution in [0.5, 0.6) is 11.5 Å². The van der Waals surface area contributed by atoms with E-state index < -0.39 is 0 Å². The van der Waals surface area contributed by atoms with Crippen molar-refractivity contribution in [2.24, 2.45) is 0 Å². The Bertz CT molecular complexity index is 775. The summed E-state index contributed by atoms with van der Waals surface area (Å²) in [5.41, 5.74) is 6.37. The maximum Gasteiger partial charge on any atom is 0.161 e. The first-order valence-corrected chi connectivity index (χ1v) is 10.1. The number of benzene rings is 2. The van der Waals surface area contributed by atoms with Crippen LogP contribution in [-0.2, 0) is 0 Å². The summed E-state index contributed by atoms with van der Waals surface area (Å²) in [5.74, 6) is 2.19. The molecule has 0 radical (unpaired) electrons. The van der Waals surface area contributed by atoms with Crippen LogP contribution in [0.25, 0.3) is 16.7 Å². The van der Waals surface area contributed by atoms with Crippen LogP contribution < -0.4 is 14.8 Å². The third kappa shape index (κ3) is 4.78. The zero-order valence-corrected chi connectivity index (χ0v) is 16.9. The number of alkyl halides is 1. The summed E-state index contributed by atoms with van der Waals surface area (Å²) in [7, 11) is 3.32. The van der Waals surface area contributed by atoms with Crippen molar-refractivity contribution in [3.8, 4) is 22.6 Å². The molecule has 1 heterocycles. The smallest absolute Gasteiger partial charge is 0.161 e. The minimum absolute atomic E-state index is 0.695. The number of methoxy groups -OCH3 is 2. The van der Waals surface area contributed by atoms with Gasteiger partial charge in [-0.05, 0) is 66.5 Å². The van der Waals surface area contributed by atoms with Gasteiger partial charge in [0.25, 0.3) is 0 Å². The van der Waals surface area contributed by atoms with Crippen LogP contribution in [0.2, 0.25) is 0 Å². The molecule has 0 atom stereocenters. The molecule has 1 N–H and O–H groups in total. The Kier molecular flexibility index (Phi) is 7.05. The highest BCUT2D eigenvalue weighted by atomic mass is 35.5. The molecule has 1 fully saturated rings. The van der Waals surface area contributed by atoms with Crippen LogP contribution in [0, 0.1) is 0 Å². The lowest BCUT2D eigenvalue weighted by Crippen LogP contribution is -2.21. The van der Waals surface area contributed by atoms with Gasteiger partial charge in [-0.1, -0.05) is 30.3 Å². The molecule has 27 heavy (non-hydrogen) atoms. The summed E-state index contributed by atoms with van der Waals surface area (Å²) < 4.78 is 10.8. The zero-order valence-electron chi connectivity index (χ0n) is 16.2. The zero-order chi connectivity index (χ0) is 19.1. The Morgan fingerprint density at radius 1 is 0.963 bits per heavy atom. The van der Waals surface area contributed by atoms with E-state index in [0.717, 1.165) is 48.4 Å². The molecule has 2 aromatic rings. The maximum atomic E-state index is 5.97. The topological polar surface area (TPSA) is 30.5 Å². The molecule has 4 heteroatoms. The molecule has 1 aliphatic heterocycles. The highest BCUT2D eigenvalue weighted by Crippen LogP contribution is 2.34. The van der Waals surface area contributed by atoms with Crippen molar-refractivity contribution in [2.45, 2.75) is 32.1 Å². The average molecular weight is 386 g/mol. The SMILES string of the molecule is COc1ccc(-c2ccc(C(CCCCl)=C3CCCCN3)cc2)cc1OC. The van der Waals surface area contributed by atoms with Crippen molar-refractivity contribution in [1.29, 1.82) is 0 Å². The van der Waals surface area contributed by atoms with Gasteiger partial charge in [-0.15, -0.1) is 11.6 Å². The molecule has 0 saturated carbocycles. The van der Waals surface area contributed by atoms with Crippen LogP contribution in [-0.4, -0.2) is 26.6 Å². The van der Waals surface area contributed by atoms with Crippen LogP contribution in [0.1, 0.15) is 37.7 Å². The van der Waals surface area contributed by atoms with E-state index in [-0.39, 0.29) is 0 Å². The minimum Gasteiger partial charge on any atom is -0.493 e. The molecule has 3 nitrogen and oxygen atoms in total. The number of piperidine rings is 1. The third-order valence-corrected chi connectivity index (χ3v) is 5.33. The summed E-state index contributed by atoms with van der Waals surface area (Å²) in [6, 6.07) is 14.8. The quantitative estimate of drug-likeness (QED) is 0.604. The van der Waals surface area contributed by atoms with E-state index in [1.807, 2.05) is 12.1 Å². The molecule has 2 aromatic carbocycles. The molecule has 3 rings (SSSR count). The fourth-order valence-corrected chi connectivity index (χ4v) is 3.74. The predicted octanol–water partition coefficient (Wildman–Crippen LogP) is 5.87. The van der Waals surface area contributed by atoms with Gasteiger partial charge in [0.1, 0.15) is 0 Å². The second-order valence-electron chi connectivity index (χ2n) is 6.78. The van der Waals surface area contributed by atoms with Gasteiger partial charge in [0.2, 0.25) is 0 Å². The number of rotatable bonds is 7. The lowest BCUT2D eigenvalue weighted by molar-refractivity contribution is 0.355. The van der Waals surface area contributed by atoms with Gasteiger partial charge >= 0.3 is 0 Å². The van der Waals surface area contributed by atoms with Crippen molar-refractivity contribution >= 4 is 17.2 Å². The Balaban J connectivity index is 1.89. The first kappa shape index (κ1) is 19.6. The Hall–Kier alpha value is -2.13. The van der Waals surface area contributed by atoms with Gasteiger partial charge in [-0.2, -0.15) is 0 Å². The van der Waals surface area contributed by atoms with Crippen molar-refractivity contribution in [3.05, 3.63) is 53.7 Å². The summed E-state index contributed by atoms with van der Waals surface area (Å²) in [4.78, 5) is 0. The fraction of sp³-hybridized carbons (Fsp3) is 0.391. The van der Waals surface area contributed by atoms with E-state index >= 15 is 0 Å². The monoisotopic (exact) mass is 385 g/mol. The number of halogens is 1. The van der Waals surface area contributed by atoms with Crippen LogP contribution >= 0.6 is 11.6 Å². The van der Waals surface area contributed by atoms with Gasteiger partial charge in [0.15, 0.2) is 11.5 Å². The highest BCUT2D eigenvalue weighted by Gasteiger charge is 2.13. The predicted molar refractivity (Wildman–Crippen MR) is 114 cm³/mol. The van der Waals surface area contributed by atoms with E-state index in [0.29, 0.717) is 5.88 Å². The molecule has 144 valence electrons. The van der Waals surface area contributed by atoms with Crippen LogP contribution in [0.15, 0.2) is 48.2 Å². The lowest BCUT2D eigenvalue weighted by Gasteiger charge is -2.22. The van der Waals surface area contributed by atoms with Gasteiger partial charge in [-0.25, -0.2) is 0 Å². The Labute approximate surface area is 167 Å². The summed E-state index contributed by atoms with van der Waals surface area (Å²) in [5, 5.41) is 3.61. The fourth-order valence-electron chi connectivity index (χ4n) is 3.60. The van der Waals surface area contributed by atoms with E-state index in [9.17, 15) is 0 Å². The van der Waals surface area contributed by atoms with Crippen molar-refractivity contribution in [1.82, 2.24) is 5.32 Å². The number of ether oxygens (including phenoxy) is 2. The molecule has 1 aliphatic rings. The molecule has 0 amide bonds. The van der Waals surface area contributed by atoms with Gasteiger partial charge in [-0.3, -0.25) is 0 Å². The summed E-state index contributed by atoms with van der Waals surface area (Å²) in [6.45, 7) is 1.07. The lowest BCUT2D eigenvalue weighted by atomic mass is 9.93. The number of nitrogens with one attached hydrogen (secondary N) is 1. The number of hydrogen-bond acceptors (Lipinski definition) is 3. The van der Waals surface area contributed by atoms with Crippen LogP contribution in [0.3, 0.4) is 0 Å². The van der Waals surface area contributed by atoms with Gasteiger partial charge in [0, 0.05) is 18.1 Å². The van der Waals surface area contributed by atoms with E-state index in [1.165, 1.54) is 29.7 Å². The second-order valence-corrected chi connectivity index (χ2v) is 7.16. The van der Waals surface area contributed by atoms with Crippen LogP contribution in [0.4, 0.5) is 0 Å². The molecular formula is C23H28ClNO2. The maximum absolute atomic E-state index is 5.97.